The van der Waals surface area contributed by atoms with E-state index in [0.29, 0.717) is 23.8 Å². The largest absolute Gasteiger partial charge is 0.382 e. The van der Waals surface area contributed by atoms with Crippen molar-refractivity contribution >= 4 is 17.5 Å². The van der Waals surface area contributed by atoms with Gasteiger partial charge in [-0.15, -0.1) is 0 Å². The van der Waals surface area contributed by atoms with Crippen molar-refractivity contribution in [3.05, 3.63) is 34.9 Å². The summed E-state index contributed by atoms with van der Waals surface area (Å²) in [5.74, 6) is -0.459. The van der Waals surface area contributed by atoms with E-state index in [0.717, 1.165) is 12.8 Å². The van der Waals surface area contributed by atoms with Crippen molar-refractivity contribution in [2.24, 2.45) is 0 Å². The SMILES string of the molecule is CC[C@](O)(C(=O)N[C@@H](COC)[C@H]1CCCO1)c1cccc(Cl)c1. The van der Waals surface area contributed by atoms with Gasteiger partial charge in [0.2, 0.25) is 0 Å². The molecule has 1 heterocycles. The molecule has 1 aromatic carbocycles. The van der Waals surface area contributed by atoms with E-state index < -0.39 is 11.5 Å². The lowest BCUT2D eigenvalue weighted by Crippen LogP contribution is -2.53. The summed E-state index contributed by atoms with van der Waals surface area (Å²) in [6, 6.07) is 6.46. The molecule has 1 fully saturated rings. The van der Waals surface area contributed by atoms with Gasteiger partial charge in [0, 0.05) is 18.7 Å². The van der Waals surface area contributed by atoms with Gasteiger partial charge in [-0.3, -0.25) is 4.79 Å². The summed E-state index contributed by atoms with van der Waals surface area (Å²) >= 11 is 5.99. The van der Waals surface area contributed by atoms with Crippen molar-refractivity contribution in [3.63, 3.8) is 0 Å². The summed E-state index contributed by atoms with van der Waals surface area (Å²) in [5.41, 5.74) is -1.15. The van der Waals surface area contributed by atoms with Gasteiger partial charge in [0.05, 0.1) is 18.8 Å². The molecule has 0 saturated carbocycles. The highest BCUT2D eigenvalue weighted by atomic mass is 35.5. The zero-order valence-electron chi connectivity index (χ0n) is 13.5. The lowest BCUT2D eigenvalue weighted by molar-refractivity contribution is -0.143. The molecule has 23 heavy (non-hydrogen) atoms. The van der Waals surface area contributed by atoms with Gasteiger partial charge in [0.15, 0.2) is 5.60 Å². The number of carbonyl (C=O) groups excluding carboxylic acids is 1. The Morgan fingerprint density at radius 2 is 2.39 bits per heavy atom. The quantitative estimate of drug-likeness (QED) is 0.798. The fraction of sp³-hybridized carbons (Fsp3) is 0.588. The zero-order chi connectivity index (χ0) is 16.9. The molecule has 0 spiro atoms. The van der Waals surface area contributed by atoms with Gasteiger partial charge in [0.1, 0.15) is 0 Å². The Morgan fingerprint density at radius 3 is 2.96 bits per heavy atom. The Kier molecular flexibility index (Phi) is 6.41. The number of hydrogen-bond donors (Lipinski definition) is 2. The number of carbonyl (C=O) groups is 1. The highest BCUT2D eigenvalue weighted by Gasteiger charge is 2.39. The van der Waals surface area contributed by atoms with Gasteiger partial charge in [-0.25, -0.2) is 0 Å². The fourth-order valence-corrected chi connectivity index (χ4v) is 3.06. The molecule has 2 N–H and O–H groups in total. The number of ether oxygens (including phenoxy) is 2. The van der Waals surface area contributed by atoms with Crippen LogP contribution >= 0.6 is 11.6 Å². The number of nitrogens with one attached hydrogen (secondary N) is 1. The molecule has 0 aromatic heterocycles. The number of amides is 1. The molecule has 0 bridgehead atoms. The van der Waals surface area contributed by atoms with Crippen molar-refractivity contribution in [1.29, 1.82) is 0 Å². The van der Waals surface area contributed by atoms with E-state index >= 15 is 0 Å². The van der Waals surface area contributed by atoms with Crippen LogP contribution in [0.5, 0.6) is 0 Å². The average molecular weight is 342 g/mol. The van der Waals surface area contributed by atoms with E-state index in [2.05, 4.69) is 5.32 Å². The number of methoxy groups -OCH3 is 1. The Morgan fingerprint density at radius 1 is 1.61 bits per heavy atom. The van der Waals surface area contributed by atoms with E-state index in [1.165, 1.54) is 0 Å². The van der Waals surface area contributed by atoms with Gasteiger partial charge < -0.3 is 19.9 Å². The minimum absolute atomic E-state index is 0.0839. The van der Waals surface area contributed by atoms with Crippen LogP contribution in [0.2, 0.25) is 5.02 Å². The molecule has 1 aromatic rings. The number of hydrogen-bond acceptors (Lipinski definition) is 4. The molecular formula is C17H24ClNO4. The molecule has 0 radical (unpaired) electrons. The first-order chi connectivity index (χ1) is 11.0. The summed E-state index contributed by atoms with van der Waals surface area (Å²) in [7, 11) is 1.58. The number of halogens is 1. The average Bonchev–Trinajstić information content (AvgIpc) is 3.08. The third-order valence-corrected chi connectivity index (χ3v) is 4.50. The first-order valence-corrected chi connectivity index (χ1v) is 8.29. The summed E-state index contributed by atoms with van der Waals surface area (Å²) in [4.78, 5) is 12.7. The lowest BCUT2D eigenvalue weighted by atomic mass is 9.89. The van der Waals surface area contributed by atoms with E-state index in [1.807, 2.05) is 0 Å². The van der Waals surface area contributed by atoms with Crippen LogP contribution in [0.1, 0.15) is 31.7 Å². The molecule has 1 aliphatic heterocycles. The summed E-state index contributed by atoms with van der Waals surface area (Å²) in [6.07, 6.45) is 1.99. The van der Waals surface area contributed by atoms with Gasteiger partial charge in [0.25, 0.3) is 5.91 Å². The van der Waals surface area contributed by atoms with Crippen molar-refractivity contribution in [2.75, 3.05) is 20.3 Å². The smallest absolute Gasteiger partial charge is 0.256 e. The van der Waals surface area contributed by atoms with Crippen molar-refractivity contribution in [1.82, 2.24) is 5.32 Å². The highest BCUT2D eigenvalue weighted by molar-refractivity contribution is 6.30. The van der Waals surface area contributed by atoms with Crippen LogP contribution in [0.15, 0.2) is 24.3 Å². The molecule has 128 valence electrons. The second kappa shape index (κ2) is 8.11. The van der Waals surface area contributed by atoms with E-state index in [9.17, 15) is 9.90 Å². The molecule has 1 amide bonds. The van der Waals surface area contributed by atoms with E-state index in [1.54, 1.807) is 38.3 Å². The van der Waals surface area contributed by atoms with Crippen molar-refractivity contribution in [2.45, 2.75) is 43.9 Å². The predicted molar refractivity (Wildman–Crippen MR) is 88.4 cm³/mol. The van der Waals surface area contributed by atoms with Crippen LogP contribution in [-0.2, 0) is 19.9 Å². The molecule has 1 aliphatic rings. The molecule has 0 unspecified atom stereocenters. The molecule has 5 nitrogen and oxygen atoms in total. The number of aliphatic hydroxyl groups is 1. The van der Waals surface area contributed by atoms with Gasteiger partial charge in [-0.05, 0) is 37.0 Å². The normalized spacial score (nSPS) is 21.7. The molecule has 0 aliphatic carbocycles. The van der Waals surface area contributed by atoms with Crippen LogP contribution in [0.3, 0.4) is 0 Å². The standard InChI is InChI=1S/C17H24ClNO4/c1-3-17(21,12-6-4-7-13(18)10-12)16(20)19-14(11-22-2)15-8-5-9-23-15/h4,6-7,10,14-15,21H,3,5,8-9,11H2,1-2H3,(H,19,20)/t14-,15+,17+/m0/s1. The Labute approximate surface area is 141 Å². The van der Waals surface area contributed by atoms with Gasteiger partial charge in [-0.1, -0.05) is 30.7 Å². The fourth-order valence-electron chi connectivity index (χ4n) is 2.87. The van der Waals surface area contributed by atoms with Crippen LogP contribution in [0.25, 0.3) is 0 Å². The second-order valence-corrected chi connectivity index (χ2v) is 6.25. The predicted octanol–water partition coefficient (Wildman–Crippen LogP) is 2.25. The first-order valence-electron chi connectivity index (χ1n) is 7.91. The maximum absolute atomic E-state index is 12.7. The highest BCUT2D eigenvalue weighted by Crippen LogP contribution is 2.28. The minimum Gasteiger partial charge on any atom is -0.382 e. The molecule has 3 atom stereocenters. The maximum atomic E-state index is 12.7. The summed E-state index contributed by atoms with van der Waals surface area (Å²) in [6.45, 7) is 2.79. The maximum Gasteiger partial charge on any atom is 0.256 e. The number of benzene rings is 1. The molecule has 1 saturated heterocycles. The van der Waals surface area contributed by atoms with Gasteiger partial charge >= 0.3 is 0 Å². The van der Waals surface area contributed by atoms with E-state index in [-0.39, 0.29) is 18.6 Å². The van der Waals surface area contributed by atoms with Gasteiger partial charge in [-0.2, -0.15) is 0 Å². The van der Waals surface area contributed by atoms with Crippen LogP contribution in [0.4, 0.5) is 0 Å². The Bertz CT molecular complexity index is 533. The lowest BCUT2D eigenvalue weighted by Gasteiger charge is -2.31. The van der Waals surface area contributed by atoms with Crippen molar-refractivity contribution < 1.29 is 19.4 Å². The molecule has 6 heteroatoms. The Balaban J connectivity index is 2.17. The molecule has 2 rings (SSSR count). The molecular weight excluding hydrogens is 318 g/mol. The topological polar surface area (TPSA) is 67.8 Å². The first kappa shape index (κ1) is 18.2. The van der Waals surface area contributed by atoms with Crippen LogP contribution in [0, 0.1) is 0 Å². The third kappa shape index (κ3) is 4.23. The summed E-state index contributed by atoms with van der Waals surface area (Å²) < 4.78 is 10.8. The third-order valence-electron chi connectivity index (χ3n) is 4.27. The van der Waals surface area contributed by atoms with E-state index in [4.69, 9.17) is 21.1 Å². The summed E-state index contributed by atoms with van der Waals surface area (Å²) in [5, 5.41) is 14.3. The minimum atomic E-state index is -1.63. The second-order valence-electron chi connectivity index (χ2n) is 5.81. The van der Waals surface area contributed by atoms with Crippen molar-refractivity contribution in [3.8, 4) is 0 Å². The monoisotopic (exact) mass is 341 g/mol. The van der Waals surface area contributed by atoms with Crippen LogP contribution < -0.4 is 5.32 Å². The zero-order valence-corrected chi connectivity index (χ0v) is 14.3. The number of rotatable bonds is 7. The Hall–Kier alpha value is -1.14. The van der Waals surface area contributed by atoms with Crippen LogP contribution in [-0.4, -0.2) is 43.5 Å².